The van der Waals surface area contributed by atoms with Crippen molar-refractivity contribution in [3.63, 3.8) is 0 Å². The van der Waals surface area contributed by atoms with E-state index in [1.54, 1.807) is 0 Å². The molecule has 0 heterocycles. The molecule has 0 amide bonds. The van der Waals surface area contributed by atoms with Gasteiger partial charge in [0.05, 0.1) is 45.4 Å². The minimum Gasteiger partial charge on any atom is -0.465 e. The van der Waals surface area contributed by atoms with Crippen LogP contribution in [0.2, 0.25) is 20.1 Å². The van der Waals surface area contributed by atoms with Crippen LogP contribution in [0, 0.1) is 0 Å². The second-order valence-electron chi connectivity index (χ2n) is 4.17. The molecule has 0 N–H and O–H groups in total. The first-order chi connectivity index (χ1) is 10.3. The molecule has 0 atom stereocenters. The lowest BCUT2D eigenvalue weighted by atomic mass is 9.98. The van der Waals surface area contributed by atoms with Gasteiger partial charge in [0.25, 0.3) is 0 Å². The third-order valence-corrected chi connectivity index (χ3v) is 4.59. The monoisotopic (exact) mass is 380 g/mol. The molecule has 0 spiro atoms. The molecule has 8 heteroatoms. The Hall–Kier alpha value is -1.20. The molecule has 0 unspecified atom stereocenters. The molecule has 0 radical (unpaired) electrons. The Bertz CT molecular complexity index is 802. The summed E-state index contributed by atoms with van der Waals surface area (Å²) in [5, 5.41) is 0.739. The van der Waals surface area contributed by atoms with Crippen molar-refractivity contribution in [1.82, 2.24) is 0 Å². The molecule has 0 saturated heterocycles. The Morgan fingerprint density at radius 3 is 1.95 bits per heavy atom. The molecule has 22 heavy (non-hydrogen) atoms. The highest BCUT2D eigenvalue weighted by molar-refractivity contribution is 6.49. The van der Waals surface area contributed by atoms with E-state index >= 15 is 0 Å². The molecule has 4 nitrogen and oxygen atoms in total. The summed E-state index contributed by atoms with van der Waals surface area (Å²) in [5.41, 5.74) is -0.0449. The van der Waals surface area contributed by atoms with Gasteiger partial charge in [-0.25, -0.2) is 9.59 Å². The average molecular weight is 382 g/mol. The van der Waals surface area contributed by atoms with Gasteiger partial charge in [0.2, 0.25) is 0 Å². The zero-order valence-electron chi connectivity index (χ0n) is 11.3. The van der Waals surface area contributed by atoms with Crippen LogP contribution in [0.1, 0.15) is 20.7 Å². The second kappa shape index (κ2) is 6.50. The van der Waals surface area contributed by atoms with Gasteiger partial charge in [-0.3, -0.25) is 0 Å². The molecular weight excluding hydrogens is 374 g/mol. The fourth-order valence-electron chi connectivity index (χ4n) is 2.03. The number of carbonyl (C=O) groups excluding carboxylic acids is 2. The van der Waals surface area contributed by atoms with Gasteiger partial charge < -0.3 is 9.47 Å². The number of hydrogen-bond donors (Lipinski definition) is 0. The lowest BCUT2D eigenvalue weighted by Crippen LogP contribution is -2.09. The van der Waals surface area contributed by atoms with Crippen molar-refractivity contribution in [3.8, 4) is 0 Å². The van der Waals surface area contributed by atoms with Crippen LogP contribution in [-0.2, 0) is 9.47 Å². The fraction of sp³-hybridized carbons (Fsp3) is 0.143. The maximum atomic E-state index is 12.1. The van der Waals surface area contributed by atoms with E-state index in [-0.39, 0.29) is 36.6 Å². The summed E-state index contributed by atoms with van der Waals surface area (Å²) >= 11 is 24.3. The highest BCUT2D eigenvalue weighted by Gasteiger charge is 2.26. The lowest BCUT2D eigenvalue weighted by Gasteiger charge is -2.14. The highest BCUT2D eigenvalue weighted by Crippen LogP contribution is 2.41. The van der Waals surface area contributed by atoms with Gasteiger partial charge in [-0.05, 0) is 12.1 Å². The summed E-state index contributed by atoms with van der Waals surface area (Å²) in [4.78, 5) is 24.1. The molecule has 0 fully saturated rings. The van der Waals surface area contributed by atoms with Gasteiger partial charge in [0.1, 0.15) is 0 Å². The van der Waals surface area contributed by atoms with Crippen LogP contribution in [0.3, 0.4) is 0 Å². The zero-order valence-corrected chi connectivity index (χ0v) is 14.3. The number of benzene rings is 2. The maximum absolute atomic E-state index is 12.1. The Kier molecular flexibility index (Phi) is 5.07. The summed E-state index contributed by atoms with van der Waals surface area (Å²) < 4.78 is 9.42. The van der Waals surface area contributed by atoms with E-state index in [1.165, 1.54) is 26.4 Å². The van der Waals surface area contributed by atoms with Gasteiger partial charge in [-0.1, -0.05) is 46.4 Å². The van der Waals surface area contributed by atoms with Crippen LogP contribution in [0.15, 0.2) is 12.1 Å². The summed E-state index contributed by atoms with van der Waals surface area (Å²) in [6, 6.07) is 2.72. The second-order valence-corrected chi connectivity index (χ2v) is 5.74. The normalized spacial score (nSPS) is 10.6. The number of fused-ring (bicyclic) bond motifs is 1. The van der Waals surface area contributed by atoms with E-state index in [2.05, 4.69) is 0 Å². The average Bonchev–Trinajstić information content (AvgIpc) is 2.51. The fourth-order valence-corrected chi connectivity index (χ4v) is 2.88. The van der Waals surface area contributed by atoms with Crippen LogP contribution in [0.4, 0.5) is 0 Å². The molecule has 0 aliphatic rings. The molecule has 2 aromatic carbocycles. The van der Waals surface area contributed by atoms with Crippen molar-refractivity contribution >= 4 is 69.1 Å². The van der Waals surface area contributed by atoms with Crippen molar-refractivity contribution in [2.24, 2.45) is 0 Å². The third-order valence-electron chi connectivity index (χ3n) is 3.00. The van der Waals surface area contributed by atoms with E-state index in [0.717, 1.165) is 0 Å². The lowest BCUT2D eigenvalue weighted by molar-refractivity contribution is 0.0601. The summed E-state index contributed by atoms with van der Waals surface area (Å²) in [6.45, 7) is 0. The van der Waals surface area contributed by atoms with Crippen molar-refractivity contribution < 1.29 is 19.1 Å². The number of methoxy groups -OCH3 is 2. The van der Waals surface area contributed by atoms with E-state index in [0.29, 0.717) is 5.39 Å². The molecule has 0 aliphatic heterocycles. The Balaban J connectivity index is 3.09. The van der Waals surface area contributed by atoms with Gasteiger partial charge >= 0.3 is 11.9 Å². The van der Waals surface area contributed by atoms with Crippen LogP contribution < -0.4 is 0 Å². The largest absolute Gasteiger partial charge is 0.465 e. The standard InChI is InChI=1S/C14H8Cl4O4/c1-21-13(19)6-4-7(15)11(17)5-3-8(16)12(18)10(9(5)6)14(20)22-2/h3-4H,1-2H3. The highest BCUT2D eigenvalue weighted by atomic mass is 35.5. The summed E-state index contributed by atoms with van der Waals surface area (Å²) in [6.07, 6.45) is 0. The van der Waals surface area contributed by atoms with Crippen molar-refractivity contribution in [3.05, 3.63) is 43.4 Å². The number of rotatable bonds is 2. The molecule has 0 bridgehead atoms. The van der Waals surface area contributed by atoms with Crippen molar-refractivity contribution in [2.75, 3.05) is 14.2 Å². The minimum absolute atomic E-state index is 0.0332. The zero-order chi connectivity index (χ0) is 16.6. The van der Waals surface area contributed by atoms with Crippen molar-refractivity contribution in [2.45, 2.75) is 0 Å². The van der Waals surface area contributed by atoms with E-state index in [9.17, 15) is 9.59 Å². The number of ether oxygens (including phenoxy) is 2. The third kappa shape index (κ3) is 2.72. The van der Waals surface area contributed by atoms with Gasteiger partial charge in [-0.15, -0.1) is 0 Å². The molecule has 116 valence electrons. The van der Waals surface area contributed by atoms with Crippen LogP contribution in [0.5, 0.6) is 0 Å². The van der Waals surface area contributed by atoms with Crippen LogP contribution >= 0.6 is 46.4 Å². The molecule has 0 aliphatic carbocycles. The van der Waals surface area contributed by atoms with E-state index in [1.807, 2.05) is 0 Å². The van der Waals surface area contributed by atoms with Gasteiger partial charge in [-0.2, -0.15) is 0 Å². The smallest absolute Gasteiger partial charge is 0.340 e. The molecule has 0 saturated carbocycles. The van der Waals surface area contributed by atoms with E-state index < -0.39 is 11.9 Å². The molecular formula is C14H8Cl4O4. The predicted octanol–water partition coefficient (Wildman–Crippen LogP) is 5.03. The topological polar surface area (TPSA) is 52.6 Å². The van der Waals surface area contributed by atoms with Gasteiger partial charge in [0, 0.05) is 10.8 Å². The summed E-state index contributed by atoms with van der Waals surface area (Å²) in [7, 11) is 2.38. The quantitative estimate of drug-likeness (QED) is 0.684. The Morgan fingerprint density at radius 1 is 0.864 bits per heavy atom. The maximum Gasteiger partial charge on any atom is 0.340 e. The predicted molar refractivity (Wildman–Crippen MR) is 86.7 cm³/mol. The first-order valence-electron chi connectivity index (χ1n) is 5.79. The number of halogens is 4. The van der Waals surface area contributed by atoms with Gasteiger partial charge in [0.15, 0.2) is 0 Å². The van der Waals surface area contributed by atoms with E-state index in [4.69, 9.17) is 55.9 Å². The number of carbonyl (C=O) groups is 2. The molecule has 2 rings (SSSR count). The number of esters is 2. The molecule has 0 aromatic heterocycles. The van der Waals surface area contributed by atoms with Crippen LogP contribution in [0.25, 0.3) is 10.8 Å². The first kappa shape index (κ1) is 17.2. The minimum atomic E-state index is -0.763. The first-order valence-corrected chi connectivity index (χ1v) is 7.31. The SMILES string of the molecule is COC(=O)c1cc(Cl)c(Cl)c2cc(Cl)c(Cl)c(C(=O)OC)c12. The molecule has 2 aromatic rings. The Morgan fingerprint density at radius 2 is 1.41 bits per heavy atom. The number of hydrogen-bond acceptors (Lipinski definition) is 4. The summed E-state index contributed by atoms with van der Waals surface area (Å²) in [5.74, 6) is -1.46. The Labute approximate surface area is 145 Å². The van der Waals surface area contributed by atoms with Crippen LogP contribution in [-0.4, -0.2) is 26.2 Å². The van der Waals surface area contributed by atoms with Crippen molar-refractivity contribution in [1.29, 1.82) is 0 Å².